The van der Waals surface area contributed by atoms with Crippen molar-refractivity contribution in [3.8, 4) is 0 Å². The Kier molecular flexibility index (Phi) is 8.25. The van der Waals surface area contributed by atoms with Crippen molar-refractivity contribution in [2.75, 3.05) is 19.6 Å². The number of benzene rings is 1. The first-order valence-electron chi connectivity index (χ1n) is 9.78. The molecule has 1 aromatic rings. The van der Waals surface area contributed by atoms with E-state index in [4.69, 9.17) is 0 Å². The van der Waals surface area contributed by atoms with E-state index in [0.717, 1.165) is 38.9 Å². The van der Waals surface area contributed by atoms with Gasteiger partial charge in [0.15, 0.2) is 0 Å². The number of rotatable bonds is 5. The van der Waals surface area contributed by atoms with Gasteiger partial charge in [0.2, 0.25) is 5.91 Å². The molecule has 2 fully saturated rings. The quantitative estimate of drug-likeness (QED) is 0.854. The van der Waals surface area contributed by atoms with Crippen LogP contribution in [0.15, 0.2) is 30.3 Å². The summed E-state index contributed by atoms with van der Waals surface area (Å²) < 4.78 is 0. The van der Waals surface area contributed by atoms with Crippen LogP contribution in [0.3, 0.4) is 0 Å². The maximum absolute atomic E-state index is 12.8. The van der Waals surface area contributed by atoms with Crippen LogP contribution in [0.1, 0.15) is 51.0 Å². The van der Waals surface area contributed by atoms with E-state index in [1.54, 1.807) is 0 Å². The molecule has 2 heterocycles. The van der Waals surface area contributed by atoms with Crippen LogP contribution < -0.4 is 5.32 Å². The molecule has 25 heavy (non-hydrogen) atoms. The summed E-state index contributed by atoms with van der Waals surface area (Å²) in [5.74, 6) is 1.38. The van der Waals surface area contributed by atoms with Gasteiger partial charge in [0, 0.05) is 25.0 Å². The van der Waals surface area contributed by atoms with Crippen molar-refractivity contribution in [2.24, 2.45) is 11.8 Å². The van der Waals surface area contributed by atoms with E-state index in [-0.39, 0.29) is 18.3 Å². The zero-order valence-electron chi connectivity index (χ0n) is 15.5. The van der Waals surface area contributed by atoms with Gasteiger partial charge in [-0.25, -0.2) is 0 Å². The van der Waals surface area contributed by atoms with Crippen molar-refractivity contribution in [3.05, 3.63) is 35.9 Å². The number of halogens is 1. The molecule has 0 spiro atoms. The van der Waals surface area contributed by atoms with Crippen LogP contribution in [0.2, 0.25) is 0 Å². The Morgan fingerprint density at radius 3 is 2.80 bits per heavy atom. The van der Waals surface area contributed by atoms with Crippen molar-refractivity contribution in [1.82, 2.24) is 10.2 Å². The standard InChI is InChI=1S/C21H32N2O.ClH/c1-17-15-20(12-13-22-17)21(24)23-14-6-11-19(16-23)10-5-9-18-7-3-2-4-8-18;/h2-4,7-8,17,19-20,22H,5-6,9-16H2,1H3;1H/t17-,19?,20-;/m0./s1. The number of likely N-dealkylation sites (tertiary alicyclic amines) is 1. The third kappa shape index (κ3) is 6.00. The second-order valence-electron chi connectivity index (χ2n) is 7.75. The van der Waals surface area contributed by atoms with Gasteiger partial charge in [-0.3, -0.25) is 4.79 Å². The minimum Gasteiger partial charge on any atom is -0.342 e. The van der Waals surface area contributed by atoms with E-state index in [1.165, 1.54) is 31.2 Å². The number of nitrogens with zero attached hydrogens (tertiary/aromatic N) is 1. The van der Waals surface area contributed by atoms with Gasteiger partial charge in [-0.1, -0.05) is 30.3 Å². The van der Waals surface area contributed by atoms with Crippen molar-refractivity contribution < 1.29 is 4.79 Å². The predicted molar refractivity (Wildman–Crippen MR) is 106 cm³/mol. The first-order chi connectivity index (χ1) is 11.7. The second kappa shape index (κ2) is 10.2. The molecule has 0 aliphatic carbocycles. The first kappa shape index (κ1) is 20.3. The van der Waals surface area contributed by atoms with Crippen LogP contribution in [0.5, 0.6) is 0 Å². The van der Waals surface area contributed by atoms with Crippen molar-refractivity contribution in [3.63, 3.8) is 0 Å². The lowest BCUT2D eigenvalue weighted by Crippen LogP contribution is -2.47. The van der Waals surface area contributed by atoms with E-state index in [1.807, 2.05) is 0 Å². The Bertz CT molecular complexity index is 522. The molecule has 4 heteroatoms. The van der Waals surface area contributed by atoms with E-state index in [2.05, 4.69) is 47.5 Å². The number of aryl methyl sites for hydroxylation is 1. The number of nitrogens with one attached hydrogen (secondary N) is 1. The highest BCUT2D eigenvalue weighted by atomic mass is 35.5. The molecular formula is C21H33ClN2O. The van der Waals surface area contributed by atoms with Gasteiger partial charge in [0.05, 0.1) is 0 Å². The lowest BCUT2D eigenvalue weighted by atomic mass is 9.88. The fourth-order valence-electron chi connectivity index (χ4n) is 4.35. The summed E-state index contributed by atoms with van der Waals surface area (Å²) in [5.41, 5.74) is 1.44. The monoisotopic (exact) mass is 364 g/mol. The third-order valence-electron chi connectivity index (χ3n) is 5.72. The van der Waals surface area contributed by atoms with Crippen LogP contribution >= 0.6 is 12.4 Å². The molecule has 0 radical (unpaired) electrons. The minimum absolute atomic E-state index is 0. The normalized spacial score (nSPS) is 26.8. The van der Waals surface area contributed by atoms with Crippen molar-refractivity contribution >= 4 is 18.3 Å². The molecule has 3 rings (SSSR count). The Morgan fingerprint density at radius 2 is 2.04 bits per heavy atom. The van der Waals surface area contributed by atoms with Gasteiger partial charge in [0.25, 0.3) is 0 Å². The second-order valence-corrected chi connectivity index (χ2v) is 7.75. The first-order valence-corrected chi connectivity index (χ1v) is 9.78. The summed E-state index contributed by atoms with van der Waals surface area (Å²) in [5, 5.41) is 3.45. The lowest BCUT2D eigenvalue weighted by molar-refractivity contribution is -0.138. The molecule has 3 nitrogen and oxygen atoms in total. The molecule has 0 bridgehead atoms. The molecule has 2 aliphatic rings. The number of hydrogen-bond donors (Lipinski definition) is 1. The van der Waals surface area contributed by atoms with E-state index in [9.17, 15) is 4.79 Å². The van der Waals surface area contributed by atoms with Crippen LogP contribution in [0.4, 0.5) is 0 Å². The third-order valence-corrected chi connectivity index (χ3v) is 5.72. The highest BCUT2D eigenvalue weighted by molar-refractivity contribution is 5.85. The topological polar surface area (TPSA) is 32.3 Å². The van der Waals surface area contributed by atoms with E-state index >= 15 is 0 Å². The predicted octanol–water partition coefficient (Wildman–Crippen LogP) is 4.06. The van der Waals surface area contributed by atoms with Gasteiger partial charge < -0.3 is 10.2 Å². The summed E-state index contributed by atoms with van der Waals surface area (Å²) >= 11 is 0. The molecule has 2 aliphatic heterocycles. The Hall–Kier alpha value is -1.06. The fraction of sp³-hybridized carbons (Fsp3) is 0.667. The summed E-state index contributed by atoms with van der Waals surface area (Å²) in [6, 6.07) is 11.2. The van der Waals surface area contributed by atoms with Crippen LogP contribution in [0, 0.1) is 11.8 Å². The Morgan fingerprint density at radius 1 is 1.24 bits per heavy atom. The highest BCUT2D eigenvalue weighted by Gasteiger charge is 2.31. The van der Waals surface area contributed by atoms with Gasteiger partial charge in [-0.15, -0.1) is 12.4 Å². The summed E-state index contributed by atoms with van der Waals surface area (Å²) in [7, 11) is 0. The Balaban J connectivity index is 0.00000225. The lowest BCUT2D eigenvalue weighted by Gasteiger charge is -2.37. The molecule has 0 aromatic heterocycles. The molecule has 1 unspecified atom stereocenters. The molecule has 2 saturated heterocycles. The number of piperidine rings is 2. The average Bonchev–Trinajstić information content (AvgIpc) is 2.62. The van der Waals surface area contributed by atoms with Crippen LogP contribution in [-0.2, 0) is 11.2 Å². The zero-order valence-corrected chi connectivity index (χ0v) is 16.3. The number of hydrogen-bond acceptors (Lipinski definition) is 2. The molecule has 1 N–H and O–H groups in total. The molecule has 1 amide bonds. The maximum Gasteiger partial charge on any atom is 0.225 e. The number of carbonyl (C=O) groups is 1. The van der Waals surface area contributed by atoms with Crippen molar-refractivity contribution in [2.45, 2.75) is 57.9 Å². The largest absolute Gasteiger partial charge is 0.342 e. The average molecular weight is 365 g/mol. The number of amides is 1. The van der Waals surface area contributed by atoms with Gasteiger partial charge in [0.1, 0.15) is 0 Å². The van der Waals surface area contributed by atoms with Gasteiger partial charge in [-0.05, 0) is 69.9 Å². The summed E-state index contributed by atoms with van der Waals surface area (Å²) in [6.07, 6.45) is 8.15. The van der Waals surface area contributed by atoms with Crippen LogP contribution in [-0.4, -0.2) is 36.5 Å². The summed E-state index contributed by atoms with van der Waals surface area (Å²) in [4.78, 5) is 15.0. The SMILES string of the molecule is C[C@H]1C[C@@H](C(=O)N2CCCC(CCCc3ccccc3)C2)CCN1.Cl. The van der Waals surface area contributed by atoms with Crippen LogP contribution in [0.25, 0.3) is 0 Å². The molecule has 140 valence electrons. The maximum atomic E-state index is 12.8. The van der Waals surface area contributed by atoms with Gasteiger partial charge >= 0.3 is 0 Å². The molecule has 0 saturated carbocycles. The van der Waals surface area contributed by atoms with E-state index < -0.39 is 0 Å². The smallest absolute Gasteiger partial charge is 0.225 e. The number of carbonyl (C=O) groups excluding carboxylic acids is 1. The van der Waals surface area contributed by atoms with Gasteiger partial charge in [-0.2, -0.15) is 0 Å². The van der Waals surface area contributed by atoms with Crippen molar-refractivity contribution in [1.29, 1.82) is 0 Å². The molecule has 1 aromatic carbocycles. The zero-order chi connectivity index (χ0) is 16.8. The molecule has 3 atom stereocenters. The highest BCUT2D eigenvalue weighted by Crippen LogP contribution is 2.26. The van der Waals surface area contributed by atoms with E-state index in [0.29, 0.717) is 17.9 Å². The minimum atomic E-state index is 0. The fourth-order valence-corrected chi connectivity index (χ4v) is 4.35. The Labute approximate surface area is 159 Å². The summed E-state index contributed by atoms with van der Waals surface area (Å²) in [6.45, 7) is 5.16. The molecular weight excluding hydrogens is 332 g/mol.